The molecule has 0 heterocycles. The molecule has 1 amide bonds. The summed E-state index contributed by atoms with van der Waals surface area (Å²) in [5, 5.41) is 0. The van der Waals surface area contributed by atoms with Crippen molar-refractivity contribution in [1.29, 1.82) is 0 Å². The predicted molar refractivity (Wildman–Crippen MR) is 108 cm³/mol. The summed E-state index contributed by atoms with van der Waals surface area (Å²) < 4.78 is 39.4. The third kappa shape index (κ3) is 6.55. The van der Waals surface area contributed by atoms with E-state index in [0.29, 0.717) is 23.4 Å². The molecule has 2 N–H and O–H groups in total. The number of alkyl halides is 3. The molecule has 1 aromatic carbocycles. The van der Waals surface area contributed by atoms with Crippen molar-refractivity contribution in [3.8, 4) is 0 Å². The lowest BCUT2D eigenvalue weighted by Crippen LogP contribution is -2.20. The molecule has 0 saturated carbocycles. The highest BCUT2D eigenvalue weighted by molar-refractivity contribution is 6.04. The molecule has 1 unspecified atom stereocenters. The maximum atomic E-state index is 13.1. The van der Waals surface area contributed by atoms with Crippen molar-refractivity contribution in [1.82, 2.24) is 0 Å². The van der Waals surface area contributed by atoms with E-state index in [1.165, 1.54) is 0 Å². The SMILES string of the molecule is CC/C=C(/C=C(/C)N(C)c1cccc(C(N)=NC(=O)C(C)CC)c1)C(F)(F)F. The van der Waals surface area contributed by atoms with Crippen molar-refractivity contribution in [2.75, 3.05) is 11.9 Å². The van der Waals surface area contributed by atoms with Crippen LogP contribution in [0.4, 0.5) is 18.9 Å². The Balaban J connectivity index is 3.17. The summed E-state index contributed by atoms with van der Waals surface area (Å²) >= 11 is 0. The second-order valence-corrected chi connectivity index (χ2v) is 6.61. The Labute approximate surface area is 164 Å². The van der Waals surface area contributed by atoms with Crippen molar-refractivity contribution in [2.45, 2.75) is 46.7 Å². The van der Waals surface area contributed by atoms with Gasteiger partial charge in [0.05, 0.1) is 5.57 Å². The first kappa shape index (κ1) is 23.5. The standard InChI is InChI=1S/C21H28F3N3O/c1-6-9-17(21(22,23)24)12-15(4)27(5)18-11-8-10-16(13-18)19(25)26-20(28)14(3)7-2/h8-14H,6-7H2,1-5H3,(H2,25,26,28)/b15-12-,17-9-. The molecular weight excluding hydrogens is 367 g/mol. The van der Waals surface area contributed by atoms with Gasteiger partial charge in [-0.15, -0.1) is 0 Å². The van der Waals surface area contributed by atoms with Crippen molar-refractivity contribution >= 4 is 17.4 Å². The number of carbonyl (C=O) groups excluding carboxylic acids is 1. The summed E-state index contributed by atoms with van der Waals surface area (Å²) in [7, 11) is 1.67. The first-order chi connectivity index (χ1) is 13.0. The topological polar surface area (TPSA) is 58.7 Å². The molecule has 154 valence electrons. The van der Waals surface area contributed by atoms with Gasteiger partial charge in [0, 0.05) is 29.9 Å². The quantitative estimate of drug-likeness (QED) is 0.392. The number of hydrogen-bond acceptors (Lipinski definition) is 2. The van der Waals surface area contributed by atoms with Crippen molar-refractivity contribution in [2.24, 2.45) is 16.6 Å². The average molecular weight is 395 g/mol. The fourth-order valence-electron chi connectivity index (χ4n) is 2.34. The van der Waals surface area contributed by atoms with E-state index in [1.54, 1.807) is 57.0 Å². The summed E-state index contributed by atoms with van der Waals surface area (Å²) in [6.07, 6.45) is -1.20. The molecule has 0 aliphatic heterocycles. The highest BCUT2D eigenvalue weighted by Gasteiger charge is 2.31. The molecule has 0 radical (unpaired) electrons. The van der Waals surface area contributed by atoms with Gasteiger partial charge in [0.15, 0.2) is 0 Å². The number of benzene rings is 1. The Hall–Kier alpha value is -2.57. The molecule has 7 heteroatoms. The minimum atomic E-state index is -4.41. The lowest BCUT2D eigenvalue weighted by atomic mass is 10.1. The summed E-state index contributed by atoms with van der Waals surface area (Å²) in [5.74, 6) is -0.431. The number of hydrogen-bond donors (Lipinski definition) is 1. The number of carbonyl (C=O) groups is 1. The Kier molecular flexibility index (Phi) is 8.47. The van der Waals surface area contributed by atoms with E-state index < -0.39 is 11.7 Å². The highest BCUT2D eigenvalue weighted by atomic mass is 19.4. The predicted octanol–water partition coefficient (Wildman–Crippen LogP) is 5.20. The van der Waals surface area contributed by atoms with E-state index in [2.05, 4.69) is 4.99 Å². The number of allylic oxidation sites excluding steroid dienone is 4. The Morgan fingerprint density at radius 1 is 1.32 bits per heavy atom. The number of amidine groups is 1. The fraction of sp³-hybridized carbons (Fsp3) is 0.429. The second kappa shape index (κ2) is 10.1. The van der Waals surface area contributed by atoms with Crippen LogP contribution in [0.15, 0.2) is 52.7 Å². The molecular formula is C21H28F3N3O. The lowest BCUT2D eigenvalue weighted by molar-refractivity contribution is -0.121. The molecule has 1 atom stereocenters. The number of anilines is 1. The highest BCUT2D eigenvalue weighted by Crippen LogP contribution is 2.29. The van der Waals surface area contributed by atoms with Gasteiger partial charge in [0.1, 0.15) is 5.84 Å². The number of rotatable bonds is 7. The monoisotopic (exact) mass is 395 g/mol. The molecule has 0 aromatic heterocycles. The Morgan fingerprint density at radius 2 is 1.96 bits per heavy atom. The zero-order valence-electron chi connectivity index (χ0n) is 17.0. The maximum Gasteiger partial charge on any atom is 0.416 e. The second-order valence-electron chi connectivity index (χ2n) is 6.61. The average Bonchev–Trinajstić information content (AvgIpc) is 2.65. The van der Waals surface area contributed by atoms with Gasteiger partial charge < -0.3 is 10.6 Å². The third-order valence-corrected chi connectivity index (χ3v) is 4.44. The minimum absolute atomic E-state index is 0.0871. The fourth-order valence-corrected chi connectivity index (χ4v) is 2.34. The zero-order chi connectivity index (χ0) is 21.5. The van der Waals surface area contributed by atoms with Crippen LogP contribution in [0.3, 0.4) is 0 Å². The summed E-state index contributed by atoms with van der Waals surface area (Å²) in [4.78, 5) is 17.5. The van der Waals surface area contributed by atoms with Crippen molar-refractivity contribution < 1.29 is 18.0 Å². The number of halogens is 3. The maximum absolute atomic E-state index is 13.1. The Morgan fingerprint density at radius 3 is 2.50 bits per heavy atom. The first-order valence-electron chi connectivity index (χ1n) is 9.19. The summed E-state index contributed by atoms with van der Waals surface area (Å²) in [6, 6.07) is 6.87. The Bertz CT molecular complexity index is 779. The normalized spacial score (nSPS) is 14.8. The first-order valence-corrected chi connectivity index (χ1v) is 9.19. The largest absolute Gasteiger partial charge is 0.416 e. The van der Waals surface area contributed by atoms with Crippen LogP contribution in [0.1, 0.15) is 46.1 Å². The molecule has 0 bridgehead atoms. The van der Waals surface area contributed by atoms with Gasteiger partial charge in [-0.2, -0.15) is 18.2 Å². The van der Waals surface area contributed by atoms with E-state index in [4.69, 9.17) is 5.73 Å². The van der Waals surface area contributed by atoms with Crippen molar-refractivity contribution in [3.05, 3.63) is 53.3 Å². The summed E-state index contributed by atoms with van der Waals surface area (Å²) in [6.45, 7) is 6.93. The van der Waals surface area contributed by atoms with Crippen LogP contribution >= 0.6 is 0 Å². The van der Waals surface area contributed by atoms with Gasteiger partial charge in [-0.05, 0) is 38.0 Å². The molecule has 4 nitrogen and oxygen atoms in total. The van der Waals surface area contributed by atoms with E-state index in [0.717, 1.165) is 12.2 Å². The molecule has 1 rings (SSSR count). The lowest BCUT2D eigenvalue weighted by Gasteiger charge is -2.22. The molecule has 0 aliphatic rings. The number of nitrogens with two attached hydrogens (primary N) is 1. The van der Waals surface area contributed by atoms with Crippen LogP contribution in [0, 0.1) is 5.92 Å². The number of aliphatic imine (C=N–C) groups is 1. The van der Waals surface area contributed by atoms with Gasteiger partial charge in [-0.25, -0.2) is 0 Å². The van der Waals surface area contributed by atoms with Crippen LogP contribution in [-0.4, -0.2) is 25.0 Å². The van der Waals surface area contributed by atoms with Gasteiger partial charge in [0.25, 0.3) is 0 Å². The molecule has 0 aliphatic carbocycles. The van der Waals surface area contributed by atoms with Crippen LogP contribution in [0.2, 0.25) is 0 Å². The number of amides is 1. The van der Waals surface area contributed by atoms with Gasteiger partial charge in [-0.3, -0.25) is 4.79 Å². The minimum Gasteiger partial charge on any atom is -0.383 e. The van der Waals surface area contributed by atoms with Crippen LogP contribution in [-0.2, 0) is 4.79 Å². The molecule has 28 heavy (non-hydrogen) atoms. The van der Waals surface area contributed by atoms with E-state index in [1.807, 2.05) is 6.92 Å². The van der Waals surface area contributed by atoms with Crippen molar-refractivity contribution in [3.63, 3.8) is 0 Å². The van der Waals surface area contributed by atoms with Crippen LogP contribution in [0.25, 0.3) is 0 Å². The van der Waals surface area contributed by atoms with E-state index in [9.17, 15) is 18.0 Å². The molecule has 0 fully saturated rings. The van der Waals surface area contributed by atoms with E-state index in [-0.39, 0.29) is 24.1 Å². The van der Waals surface area contributed by atoms with Crippen LogP contribution < -0.4 is 10.6 Å². The smallest absolute Gasteiger partial charge is 0.383 e. The van der Waals surface area contributed by atoms with Gasteiger partial charge in [-0.1, -0.05) is 39.0 Å². The van der Waals surface area contributed by atoms with E-state index >= 15 is 0 Å². The van der Waals surface area contributed by atoms with Gasteiger partial charge in [0.2, 0.25) is 5.91 Å². The van der Waals surface area contributed by atoms with Gasteiger partial charge >= 0.3 is 6.18 Å². The molecule has 0 spiro atoms. The summed E-state index contributed by atoms with van der Waals surface area (Å²) in [5.41, 5.74) is 6.86. The molecule has 0 saturated heterocycles. The molecule has 1 aromatic rings. The zero-order valence-corrected chi connectivity index (χ0v) is 17.0. The third-order valence-electron chi connectivity index (χ3n) is 4.44. The number of nitrogens with zero attached hydrogens (tertiary/aromatic N) is 2. The van der Waals surface area contributed by atoms with Crippen LogP contribution in [0.5, 0.6) is 0 Å².